The molecule has 0 fully saturated rings. The van der Waals surface area contributed by atoms with Crippen molar-refractivity contribution in [3.05, 3.63) is 40.8 Å². The smallest absolute Gasteiger partial charge is 0.0350 e. The lowest BCUT2D eigenvalue weighted by Gasteiger charge is -2.15. The number of rotatable bonds is 1. The SMILES string of the molecule is Cc1c(N)cccc1-c1ccc(C(C)(C)C)s1. The van der Waals surface area contributed by atoms with Gasteiger partial charge in [0.05, 0.1) is 0 Å². The summed E-state index contributed by atoms with van der Waals surface area (Å²) in [5, 5.41) is 0. The van der Waals surface area contributed by atoms with Gasteiger partial charge in [-0.25, -0.2) is 0 Å². The van der Waals surface area contributed by atoms with Gasteiger partial charge in [0.1, 0.15) is 0 Å². The zero-order chi connectivity index (χ0) is 12.6. The van der Waals surface area contributed by atoms with Gasteiger partial charge in [-0.05, 0) is 41.7 Å². The minimum absolute atomic E-state index is 0.219. The van der Waals surface area contributed by atoms with Gasteiger partial charge in [0, 0.05) is 15.4 Å². The zero-order valence-electron chi connectivity index (χ0n) is 10.9. The van der Waals surface area contributed by atoms with Gasteiger partial charge in [0.25, 0.3) is 0 Å². The lowest BCUT2D eigenvalue weighted by molar-refractivity contribution is 0.604. The van der Waals surface area contributed by atoms with Crippen molar-refractivity contribution in [1.29, 1.82) is 0 Å². The number of hydrogen-bond donors (Lipinski definition) is 1. The first-order valence-electron chi connectivity index (χ1n) is 5.85. The molecule has 0 unspecified atom stereocenters. The molecule has 1 heterocycles. The topological polar surface area (TPSA) is 26.0 Å². The molecule has 2 aromatic rings. The van der Waals surface area contributed by atoms with Gasteiger partial charge in [-0.15, -0.1) is 11.3 Å². The van der Waals surface area contributed by atoms with Crippen LogP contribution in [0.15, 0.2) is 30.3 Å². The standard InChI is InChI=1S/C15H19NS/c1-10-11(6-5-7-12(10)16)13-8-9-14(17-13)15(2,3)4/h5-9H,16H2,1-4H3. The van der Waals surface area contributed by atoms with Crippen LogP contribution in [-0.2, 0) is 5.41 Å². The Morgan fingerprint density at radius 3 is 2.35 bits per heavy atom. The Labute approximate surface area is 107 Å². The molecule has 1 aromatic heterocycles. The Morgan fingerprint density at radius 2 is 1.76 bits per heavy atom. The minimum atomic E-state index is 0.219. The molecule has 0 atom stereocenters. The fourth-order valence-electron chi connectivity index (χ4n) is 1.81. The van der Waals surface area contributed by atoms with Crippen LogP contribution in [0.1, 0.15) is 31.2 Å². The minimum Gasteiger partial charge on any atom is -0.398 e. The lowest BCUT2D eigenvalue weighted by atomic mass is 9.95. The number of benzene rings is 1. The average molecular weight is 245 g/mol. The maximum atomic E-state index is 5.96. The fourth-order valence-corrected chi connectivity index (χ4v) is 2.95. The summed E-state index contributed by atoms with van der Waals surface area (Å²) < 4.78 is 0. The molecule has 0 aliphatic carbocycles. The molecule has 1 aromatic carbocycles. The predicted molar refractivity (Wildman–Crippen MR) is 77.6 cm³/mol. The first-order chi connectivity index (χ1) is 7.89. The number of thiophene rings is 1. The van der Waals surface area contributed by atoms with E-state index >= 15 is 0 Å². The average Bonchev–Trinajstić information content (AvgIpc) is 2.70. The third-order valence-corrected chi connectivity index (χ3v) is 4.53. The van der Waals surface area contributed by atoms with Crippen LogP contribution in [0.4, 0.5) is 5.69 Å². The van der Waals surface area contributed by atoms with E-state index in [1.165, 1.54) is 20.9 Å². The molecule has 0 amide bonds. The maximum absolute atomic E-state index is 5.96. The number of nitrogen functional groups attached to an aromatic ring is 1. The normalized spacial score (nSPS) is 11.8. The molecule has 2 rings (SSSR count). The van der Waals surface area contributed by atoms with Crippen LogP contribution in [-0.4, -0.2) is 0 Å². The molecule has 0 aliphatic heterocycles. The van der Waals surface area contributed by atoms with E-state index in [1.54, 1.807) is 0 Å². The molecular weight excluding hydrogens is 226 g/mol. The van der Waals surface area contributed by atoms with E-state index in [0.717, 1.165) is 5.69 Å². The highest BCUT2D eigenvalue weighted by molar-refractivity contribution is 7.15. The van der Waals surface area contributed by atoms with E-state index in [0.29, 0.717) is 0 Å². The number of nitrogens with two attached hydrogens (primary N) is 1. The van der Waals surface area contributed by atoms with Crippen molar-refractivity contribution < 1.29 is 0 Å². The molecule has 2 heteroatoms. The lowest BCUT2D eigenvalue weighted by Crippen LogP contribution is -2.07. The van der Waals surface area contributed by atoms with Gasteiger partial charge in [0.2, 0.25) is 0 Å². The monoisotopic (exact) mass is 245 g/mol. The number of anilines is 1. The van der Waals surface area contributed by atoms with Crippen LogP contribution in [0.5, 0.6) is 0 Å². The van der Waals surface area contributed by atoms with E-state index in [-0.39, 0.29) is 5.41 Å². The summed E-state index contributed by atoms with van der Waals surface area (Å²) >= 11 is 1.86. The van der Waals surface area contributed by atoms with Crippen LogP contribution in [0.2, 0.25) is 0 Å². The van der Waals surface area contributed by atoms with Crippen LogP contribution >= 0.6 is 11.3 Å². The van der Waals surface area contributed by atoms with Gasteiger partial charge in [-0.1, -0.05) is 32.9 Å². The zero-order valence-corrected chi connectivity index (χ0v) is 11.7. The molecule has 0 saturated carbocycles. The highest BCUT2D eigenvalue weighted by atomic mass is 32.1. The Hall–Kier alpha value is -1.28. The highest BCUT2D eigenvalue weighted by Gasteiger charge is 2.17. The molecule has 1 nitrogen and oxygen atoms in total. The second-order valence-electron chi connectivity index (χ2n) is 5.43. The van der Waals surface area contributed by atoms with Crippen molar-refractivity contribution >= 4 is 17.0 Å². The van der Waals surface area contributed by atoms with Crippen molar-refractivity contribution in [2.45, 2.75) is 33.1 Å². The van der Waals surface area contributed by atoms with Crippen molar-refractivity contribution in [3.63, 3.8) is 0 Å². The fraction of sp³-hybridized carbons (Fsp3) is 0.333. The summed E-state index contributed by atoms with van der Waals surface area (Å²) in [6, 6.07) is 10.5. The Balaban J connectivity index is 2.48. The summed E-state index contributed by atoms with van der Waals surface area (Å²) in [6.07, 6.45) is 0. The van der Waals surface area contributed by atoms with Gasteiger partial charge < -0.3 is 5.73 Å². The molecule has 0 bridgehead atoms. The summed E-state index contributed by atoms with van der Waals surface area (Å²) in [7, 11) is 0. The van der Waals surface area contributed by atoms with E-state index in [9.17, 15) is 0 Å². The summed E-state index contributed by atoms with van der Waals surface area (Å²) in [5.74, 6) is 0. The van der Waals surface area contributed by atoms with Gasteiger partial charge in [-0.3, -0.25) is 0 Å². The van der Waals surface area contributed by atoms with E-state index in [4.69, 9.17) is 5.73 Å². The molecule has 17 heavy (non-hydrogen) atoms. The summed E-state index contributed by atoms with van der Waals surface area (Å²) in [4.78, 5) is 2.72. The van der Waals surface area contributed by atoms with Crippen molar-refractivity contribution in [2.24, 2.45) is 0 Å². The first-order valence-corrected chi connectivity index (χ1v) is 6.67. The van der Waals surface area contributed by atoms with Crippen LogP contribution in [0.3, 0.4) is 0 Å². The molecule has 0 aliphatic rings. The largest absolute Gasteiger partial charge is 0.398 e. The van der Waals surface area contributed by atoms with Gasteiger partial charge >= 0.3 is 0 Å². The number of hydrogen-bond acceptors (Lipinski definition) is 2. The third kappa shape index (κ3) is 2.37. The van der Waals surface area contributed by atoms with Gasteiger partial charge in [-0.2, -0.15) is 0 Å². The third-order valence-electron chi connectivity index (χ3n) is 2.99. The Morgan fingerprint density at radius 1 is 1.06 bits per heavy atom. The van der Waals surface area contributed by atoms with E-state index < -0.39 is 0 Å². The summed E-state index contributed by atoms with van der Waals surface area (Å²) in [5.41, 5.74) is 9.47. The van der Waals surface area contributed by atoms with Crippen LogP contribution < -0.4 is 5.73 Å². The second kappa shape index (κ2) is 4.19. The predicted octanol–water partition coefficient (Wildman–Crippen LogP) is 4.60. The maximum Gasteiger partial charge on any atom is 0.0350 e. The molecule has 90 valence electrons. The van der Waals surface area contributed by atoms with E-state index in [1.807, 2.05) is 23.5 Å². The second-order valence-corrected chi connectivity index (χ2v) is 6.52. The molecule has 0 saturated heterocycles. The first kappa shape index (κ1) is 12.2. The highest BCUT2D eigenvalue weighted by Crippen LogP contribution is 2.37. The quantitative estimate of drug-likeness (QED) is 0.730. The summed E-state index contributed by atoms with van der Waals surface area (Å²) in [6.45, 7) is 8.82. The molecule has 0 spiro atoms. The Kier molecular flexibility index (Phi) is 3.00. The molecular formula is C15H19NS. The Bertz CT molecular complexity index is 532. The van der Waals surface area contributed by atoms with Crippen LogP contribution in [0, 0.1) is 6.92 Å². The molecule has 0 radical (unpaired) electrons. The van der Waals surface area contributed by atoms with Crippen molar-refractivity contribution in [3.8, 4) is 10.4 Å². The van der Waals surface area contributed by atoms with E-state index in [2.05, 4.69) is 45.9 Å². The van der Waals surface area contributed by atoms with Crippen molar-refractivity contribution in [1.82, 2.24) is 0 Å². The molecule has 2 N–H and O–H groups in total. The van der Waals surface area contributed by atoms with Crippen molar-refractivity contribution in [2.75, 3.05) is 5.73 Å². The van der Waals surface area contributed by atoms with Gasteiger partial charge in [0.15, 0.2) is 0 Å². The van der Waals surface area contributed by atoms with Crippen LogP contribution in [0.25, 0.3) is 10.4 Å².